The van der Waals surface area contributed by atoms with E-state index >= 15 is 0 Å². The zero-order valence-electron chi connectivity index (χ0n) is 22.0. The molecular formula is C27H34N2O5S2. The van der Waals surface area contributed by atoms with Crippen LogP contribution in [0.3, 0.4) is 0 Å². The predicted molar refractivity (Wildman–Crippen MR) is 145 cm³/mol. The molecule has 2 heterocycles. The number of thiazole rings is 1. The molecule has 0 unspecified atom stereocenters. The van der Waals surface area contributed by atoms with E-state index in [1.807, 2.05) is 45.2 Å². The Kier molecular flexibility index (Phi) is 7.52. The number of sulfone groups is 1. The summed E-state index contributed by atoms with van der Waals surface area (Å²) in [5.41, 5.74) is 5.47. The number of ether oxygens (including phenoxy) is 3. The fraction of sp³-hybridized carbons (Fsp3) is 0.444. The van der Waals surface area contributed by atoms with Gasteiger partial charge in [0.15, 0.2) is 26.5 Å². The highest BCUT2D eigenvalue weighted by Crippen LogP contribution is 2.42. The number of rotatable bonds is 7. The molecule has 0 atom stereocenters. The Bertz CT molecular complexity index is 1320. The maximum absolute atomic E-state index is 13.7. The number of aromatic nitrogens is 1. The van der Waals surface area contributed by atoms with Crippen LogP contribution in [0.2, 0.25) is 0 Å². The van der Waals surface area contributed by atoms with Crippen molar-refractivity contribution in [2.75, 3.05) is 39.3 Å². The molecule has 9 heteroatoms. The Morgan fingerprint density at radius 1 is 0.889 bits per heavy atom. The molecule has 1 aliphatic rings. The summed E-state index contributed by atoms with van der Waals surface area (Å²) in [6.07, 6.45) is 1.15. The molecular weight excluding hydrogens is 496 g/mol. The number of aryl methyl sites for hydroxylation is 2. The van der Waals surface area contributed by atoms with E-state index in [-0.39, 0.29) is 5.25 Å². The zero-order chi connectivity index (χ0) is 26.2. The lowest BCUT2D eigenvalue weighted by Crippen LogP contribution is -2.39. The number of hydrogen-bond acceptors (Lipinski definition) is 8. The molecule has 4 rings (SSSR count). The Balaban J connectivity index is 1.54. The number of anilines is 1. The average Bonchev–Trinajstić information content (AvgIpc) is 3.37. The van der Waals surface area contributed by atoms with Gasteiger partial charge in [0, 0.05) is 24.0 Å². The van der Waals surface area contributed by atoms with Gasteiger partial charge in [-0.1, -0.05) is 6.07 Å². The predicted octanol–water partition coefficient (Wildman–Crippen LogP) is 5.51. The number of methoxy groups -OCH3 is 3. The third-order valence-electron chi connectivity index (χ3n) is 7.19. The van der Waals surface area contributed by atoms with E-state index in [0.29, 0.717) is 48.1 Å². The van der Waals surface area contributed by atoms with E-state index in [9.17, 15) is 8.42 Å². The number of nitrogens with zero attached hydrogens (tertiary/aromatic N) is 2. The molecule has 36 heavy (non-hydrogen) atoms. The van der Waals surface area contributed by atoms with Gasteiger partial charge in [-0.15, -0.1) is 11.3 Å². The summed E-state index contributed by atoms with van der Waals surface area (Å²) in [6.45, 7) is 9.10. The van der Waals surface area contributed by atoms with Crippen LogP contribution in [0.15, 0.2) is 28.5 Å². The highest BCUT2D eigenvalue weighted by atomic mass is 32.2. The van der Waals surface area contributed by atoms with Crippen LogP contribution in [0.4, 0.5) is 5.13 Å². The van der Waals surface area contributed by atoms with Crippen molar-refractivity contribution in [3.8, 4) is 28.5 Å². The summed E-state index contributed by atoms with van der Waals surface area (Å²) in [5, 5.41) is 2.50. The number of benzene rings is 2. The van der Waals surface area contributed by atoms with Crippen molar-refractivity contribution in [1.82, 2.24) is 4.98 Å². The summed E-state index contributed by atoms with van der Waals surface area (Å²) in [5.74, 6) is 1.69. The van der Waals surface area contributed by atoms with Gasteiger partial charge in [-0.3, -0.25) is 0 Å². The lowest BCUT2D eigenvalue weighted by Gasteiger charge is -2.32. The maximum Gasteiger partial charge on any atom is 0.203 e. The molecule has 2 aromatic carbocycles. The van der Waals surface area contributed by atoms with Crippen molar-refractivity contribution in [3.63, 3.8) is 0 Å². The SMILES string of the molecule is COc1cc(-c2csc(N3CCC(S(=O)(=O)c4c(C)c(C)cc(C)c4C)CC3)n2)cc(OC)c1OC. The first kappa shape index (κ1) is 26.3. The Morgan fingerprint density at radius 3 is 1.94 bits per heavy atom. The van der Waals surface area contributed by atoms with Crippen molar-refractivity contribution < 1.29 is 22.6 Å². The second-order valence-electron chi connectivity index (χ2n) is 9.25. The van der Waals surface area contributed by atoms with Crippen molar-refractivity contribution in [1.29, 1.82) is 0 Å². The van der Waals surface area contributed by atoms with E-state index in [1.54, 1.807) is 32.7 Å². The van der Waals surface area contributed by atoms with Gasteiger partial charge in [0.1, 0.15) is 0 Å². The van der Waals surface area contributed by atoms with Crippen LogP contribution in [0.5, 0.6) is 17.2 Å². The fourth-order valence-corrected chi connectivity index (χ4v) is 8.13. The number of hydrogen-bond donors (Lipinski definition) is 0. The molecule has 1 saturated heterocycles. The van der Waals surface area contributed by atoms with Crippen LogP contribution in [0.25, 0.3) is 11.3 Å². The van der Waals surface area contributed by atoms with Crippen molar-refractivity contribution in [3.05, 3.63) is 45.8 Å². The first-order valence-electron chi connectivity index (χ1n) is 11.9. The average molecular weight is 531 g/mol. The van der Waals surface area contributed by atoms with E-state index in [1.165, 1.54) is 0 Å². The van der Waals surface area contributed by atoms with Crippen molar-refractivity contribution in [2.45, 2.75) is 50.7 Å². The third-order valence-corrected chi connectivity index (χ3v) is 10.6. The number of piperidine rings is 1. The molecule has 7 nitrogen and oxygen atoms in total. The van der Waals surface area contributed by atoms with E-state index in [4.69, 9.17) is 19.2 Å². The minimum Gasteiger partial charge on any atom is -0.493 e. The van der Waals surface area contributed by atoms with Gasteiger partial charge in [0.05, 0.1) is 37.2 Å². The van der Waals surface area contributed by atoms with Crippen LogP contribution in [0, 0.1) is 27.7 Å². The van der Waals surface area contributed by atoms with Gasteiger partial charge in [-0.2, -0.15) is 0 Å². The molecule has 194 valence electrons. The minimum atomic E-state index is -3.42. The normalized spacial score (nSPS) is 14.7. The summed E-state index contributed by atoms with van der Waals surface area (Å²) in [7, 11) is 1.34. The summed E-state index contributed by atoms with van der Waals surface area (Å²) in [4.78, 5) is 7.56. The minimum absolute atomic E-state index is 0.387. The molecule has 0 saturated carbocycles. The van der Waals surface area contributed by atoms with Gasteiger partial charge in [0.25, 0.3) is 0 Å². The lowest BCUT2D eigenvalue weighted by molar-refractivity contribution is 0.324. The van der Waals surface area contributed by atoms with Crippen LogP contribution in [-0.4, -0.2) is 53.1 Å². The van der Waals surface area contributed by atoms with E-state index in [0.717, 1.165) is 38.6 Å². The topological polar surface area (TPSA) is 78.0 Å². The summed E-state index contributed by atoms with van der Waals surface area (Å²) in [6, 6.07) is 5.83. The van der Waals surface area contributed by atoms with Gasteiger partial charge >= 0.3 is 0 Å². The second-order valence-corrected chi connectivity index (χ2v) is 12.3. The van der Waals surface area contributed by atoms with Crippen molar-refractivity contribution in [2.24, 2.45) is 0 Å². The Labute approximate surface area is 218 Å². The lowest BCUT2D eigenvalue weighted by atomic mass is 10.0. The molecule has 3 aromatic rings. The zero-order valence-corrected chi connectivity index (χ0v) is 23.6. The first-order chi connectivity index (χ1) is 17.1. The van der Waals surface area contributed by atoms with Gasteiger partial charge in [0.2, 0.25) is 5.75 Å². The molecule has 1 fully saturated rings. The molecule has 0 aliphatic carbocycles. The Morgan fingerprint density at radius 2 is 1.44 bits per heavy atom. The van der Waals surface area contributed by atoms with Gasteiger partial charge in [-0.05, 0) is 74.9 Å². The highest BCUT2D eigenvalue weighted by Gasteiger charge is 2.34. The van der Waals surface area contributed by atoms with Gasteiger partial charge < -0.3 is 19.1 Å². The van der Waals surface area contributed by atoms with Crippen LogP contribution in [-0.2, 0) is 9.84 Å². The van der Waals surface area contributed by atoms with Crippen LogP contribution >= 0.6 is 11.3 Å². The monoisotopic (exact) mass is 530 g/mol. The quantitative estimate of drug-likeness (QED) is 0.398. The standard InChI is InChI=1S/C27H34N2O5S2/c1-16-12-17(2)19(4)26(18(16)3)36(30,31)21-8-10-29(11-9-21)27-28-22(15-35-27)20-13-23(32-5)25(34-7)24(14-20)33-6/h12-15,21H,8-11H2,1-7H3. The Hall–Kier alpha value is -2.78. The summed E-state index contributed by atoms with van der Waals surface area (Å²) < 4.78 is 43.7. The summed E-state index contributed by atoms with van der Waals surface area (Å²) >= 11 is 1.55. The van der Waals surface area contributed by atoms with E-state index in [2.05, 4.69) is 11.0 Å². The van der Waals surface area contributed by atoms with Crippen molar-refractivity contribution >= 4 is 26.3 Å². The molecule has 0 radical (unpaired) electrons. The molecule has 0 amide bonds. The largest absolute Gasteiger partial charge is 0.493 e. The van der Waals surface area contributed by atoms with Gasteiger partial charge in [-0.25, -0.2) is 13.4 Å². The third kappa shape index (κ3) is 4.66. The second kappa shape index (κ2) is 10.3. The maximum atomic E-state index is 13.7. The smallest absolute Gasteiger partial charge is 0.203 e. The van der Waals surface area contributed by atoms with Crippen LogP contribution < -0.4 is 19.1 Å². The fourth-order valence-electron chi connectivity index (χ4n) is 4.90. The molecule has 0 spiro atoms. The van der Waals surface area contributed by atoms with E-state index < -0.39 is 9.84 Å². The molecule has 0 bridgehead atoms. The molecule has 1 aromatic heterocycles. The highest BCUT2D eigenvalue weighted by molar-refractivity contribution is 7.92. The first-order valence-corrected chi connectivity index (χ1v) is 14.4. The molecule has 0 N–H and O–H groups in total. The van der Waals surface area contributed by atoms with Crippen LogP contribution in [0.1, 0.15) is 35.1 Å². The molecule has 1 aliphatic heterocycles.